The number of benzene rings is 2. The molecule has 32 heavy (non-hydrogen) atoms. The van der Waals surface area contributed by atoms with Gasteiger partial charge in [0, 0.05) is 26.1 Å². The van der Waals surface area contributed by atoms with Crippen molar-refractivity contribution in [3.63, 3.8) is 0 Å². The van der Waals surface area contributed by atoms with Crippen molar-refractivity contribution in [2.24, 2.45) is 0 Å². The Hall–Kier alpha value is -2.94. The van der Waals surface area contributed by atoms with Gasteiger partial charge in [-0.3, -0.25) is 13.9 Å². The minimum absolute atomic E-state index is 0.0593. The highest BCUT2D eigenvalue weighted by Gasteiger charge is 2.26. The summed E-state index contributed by atoms with van der Waals surface area (Å²) in [6.07, 6.45) is 1.46. The largest absolute Gasteiger partial charge is 0.355 e. The zero-order valence-corrected chi connectivity index (χ0v) is 19.4. The molecule has 0 radical (unpaired) electrons. The molecule has 0 saturated heterocycles. The van der Waals surface area contributed by atoms with Crippen molar-refractivity contribution in [3.05, 3.63) is 66.0 Å². The molecule has 1 N–H and O–H groups in total. The first-order chi connectivity index (χ1) is 15.1. The van der Waals surface area contributed by atoms with E-state index >= 15 is 0 Å². The van der Waals surface area contributed by atoms with E-state index in [1.54, 1.807) is 56.3 Å². The summed E-state index contributed by atoms with van der Waals surface area (Å²) in [5.74, 6) is -0.954. The Morgan fingerprint density at radius 1 is 1.06 bits per heavy atom. The third kappa shape index (κ3) is 7.33. The van der Waals surface area contributed by atoms with Crippen LogP contribution < -0.4 is 9.62 Å². The van der Waals surface area contributed by atoms with Crippen molar-refractivity contribution < 1.29 is 22.4 Å². The first-order valence-corrected chi connectivity index (χ1v) is 12.3. The van der Waals surface area contributed by atoms with Gasteiger partial charge in [-0.15, -0.1) is 0 Å². The second kappa shape index (κ2) is 11.6. The van der Waals surface area contributed by atoms with Crippen molar-refractivity contribution >= 4 is 27.5 Å². The first kappa shape index (κ1) is 25.3. The molecule has 9 heteroatoms. The zero-order chi connectivity index (χ0) is 23.7. The highest BCUT2D eigenvalue weighted by Crippen LogP contribution is 2.18. The summed E-state index contributed by atoms with van der Waals surface area (Å²) in [4.78, 5) is 26.9. The third-order valence-corrected chi connectivity index (χ3v) is 6.17. The lowest BCUT2D eigenvalue weighted by molar-refractivity contribution is -0.140. The molecule has 7 nitrogen and oxygen atoms in total. The van der Waals surface area contributed by atoms with Crippen LogP contribution in [-0.2, 0) is 26.2 Å². The standard InChI is InChI=1S/C23H30FN3O4S/c1-4-25-23(29)18(2)26(17-19-12-14-20(24)15-13-19)22(28)11-8-16-27(32(3,30)31)21-9-6-5-7-10-21/h5-7,9-10,12-15,18H,4,8,11,16-17H2,1-3H3,(H,25,29). The Morgan fingerprint density at radius 2 is 1.69 bits per heavy atom. The van der Waals surface area contributed by atoms with Crippen LogP contribution >= 0.6 is 0 Å². The van der Waals surface area contributed by atoms with E-state index in [0.717, 1.165) is 6.26 Å². The number of carbonyl (C=O) groups excluding carboxylic acids is 2. The Kier molecular flexibility index (Phi) is 9.19. The molecule has 1 atom stereocenters. The molecular formula is C23H30FN3O4S. The quantitative estimate of drug-likeness (QED) is 0.555. The number of halogens is 1. The maximum Gasteiger partial charge on any atom is 0.242 e. The van der Waals surface area contributed by atoms with E-state index in [2.05, 4.69) is 5.32 Å². The van der Waals surface area contributed by atoms with Gasteiger partial charge >= 0.3 is 0 Å². The number of hydrogen-bond donors (Lipinski definition) is 1. The molecule has 0 bridgehead atoms. The molecule has 174 valence electrons. The van der Waals surface area contributed by atoms with Crippen LogP contribution in [0.5, 0.6) is 0 Å². The van der Waals surface area contributed by atoms with Crippen LogP contribution in [0.1, 0.15) is 32.3 Å². The van der Waals surface area contributed by atoms with Crippen LogP contribution in [0.3, 0.4) is 0 Å². The van der Waals surface area contributed by atoms with E-state index in [1.165, 1.54) is 21.3 Å². The molecule has 2 rings (SSSR count). The number of anilines is 1. The Balaban J connectivity index is 2.12. The maximum atomic E-state index is 13.2. The highest BCUT2D eigenvalue weighted by molar-refractivity contribution is 7.92. The molecule has 0 heterocycles. The van der Waals surface area contributed by atoms with Gasteiger partial charge in [0.15, 0.2) is 0 Å². The third-order valence-electron chi connectivity index (χ3n) is 4.98. The van der Waals surface area contributed by atoms with Crippen LogP contribution in [0.15, 0.2) is 54.6 Å². The number of sulfonamides is 1. The number of nitrogens with one attached hydrogen (secondary N) is 1. The van der Waals surface area contributed by atoms with E-state index < -0.39 is 16.1 Å². The number of likely N-dealkylation sites (N-methyl/N-ethyl adjacent to an activating group) is 1. The number of amides is 2. The minimum atomic E-state index is -3.52. The maximum absolute atomic E-state index is 13.2. The van der Waals surface area contributed by atoms with E-state index in [9.17, 15) is 22.4 Å². The van der Waals surface area contributed by atoms with E-state index in [1.807, 2.05) is 0 Å². The zero-order valence-electron chi connectivity index (χ0n) is 18.6. The normalized spacial score (nSPS) is 12.1. The van der Waals surface area contributed by atoms with Gasteiger partial charge in [-0.1, -0.05) is 30.3 Å². The first-order valence-electron chi connectivity index (χ1n) is 10.5. The summed E-state index contributed by atoms with van der Waals surface area (Å²) < 4.78 is 39.0. The Morgan fingerprint density at radius 3 is 2.25 bits per heavy atom. The fourth-order valence-electron chi connectivity index (χ4n) is 3.29. The van der Waals surface area contributed by atoms with Gasteiger partial charge in [0.25, 0.3) is 0 Å². The monoisotopic (exact) mass is 463 g/mol. The summed E-state index contributed by atoms with van der Waals surface area (Å²) in [7, 11) is -3.52. The molecule has 0 aliphatic heterocycles. The van der Waals surface area contributed by atoms with Crippen molar-refractivity contribution in [3.8, 4) is 0 Å². The van der Waals surface area contributed by atoms with Crippen molar-refractivity contribution in [2.75, 3.05) is 23.7 Å². The molecule has 0 aliphatic carbocycles. The Bertz CT molecular complexity index is 998. The van der Waals surface area contributed by atoms with Gasteiger partial charge in [0.1, 0.15) is 11.9 Å². The van der Waals surface area contributed by atoms with Crippen LogP contribution in [0.25, 0.3) is 0 Å². The molecule has 2 amide bonds. The van der Waals surface area contributed by atoms with Gasteiger partial charge in [-0.2, -0.15) is 0 Å². The SMILES string of the molecule is CCNC(=O)C(C)N(Cc1ccc(F)cc1)C(=O)CCCN(c1ccccc1)S(C)(=O)=O. The lowest BCUT2D eigenvalue weighted by atomic mass is 10.1. The number of carbonyl (C=O) groups is 2. The summed E-state index contributed by atoms with van der Waals surface area (Å²) >= 11 is 0. The number of hydrogen-bond acceptors (Lipinski definition) is 4. The molecule has 0 aromatic heterocycles. The summed E-state index contributed by atoms with van der Waals surface area (Å²) in [5.41, 5.74) is 1.22. The molecule has 2 aromatic rings. The van der Waals surface area contributed by atoms with Gasteiger partial charge in [0.05, 0.1) is 11.9 Å². The fraction of sp³-hybridized carbons (Fsp3) is 0.391. The topological polar surface area (TPSA) is 86.8 Å². The van der Waals surface area contributed by atoms with Crippen LogP contribution in [0, 0.1) is 5.82 Å². The van der Waals surface area contributed by atoms with Crippen LogP contribution in [0.4, 0.5) is 10.1 Å². The van der Waals surface area contributed by atoms with Crippen molar-refractivity contribution in [1.29, 1.82) is 0 Å². The second-order valence-corrected chi connectivity index (χ2v) is 9.40. The number of rotatable bonds is 11. The highest BCUT2D eigenvalue weighted by atomic mass is 32.2. The average Bonchev–Trinajstić information content (AvgIpc) is 2.75. The lowest BCUT2D eigenvalue weighted by Crippen LogP contribution is -2.47. The lowest BCUT2D eigenvalue weighted by Gasteiger charge is -2.29. The molecule has 0 spiro atoms. The van der Waals surface area contributed by atoms with Crippen molar-refractivity contribution in [2.45, 2.75) is 39.3 Å². The van der Waals surface area contributed by atoms with Gasteiger partial charge in [-0.05, 0) is 50.1 Å². The summed E-state index contributed by atoms with van der Waals surface area (Å²) in [6, 6.07) is 13.7. The second-order valence-electron chi connectivity index (χ2n) is 7.49. The number of nitrogens with zero attached hydrogens (tertiary/aromatic N) is 2. The molecule has 0 aliphatic rings. The fourth-order valence-corrected chi connectivity index (χ4v) is 4.25. The van der Waals surface area contributed by atoms with Gasteiger partial charge in [-0.25, -0.2) is 12.8 Å². The van der Waals surface area contributed by atoms with E-state index in [4.69, 9.17) is 0 Å². The molecule has 1 unspecified atom stereocenters. The number of para-hydroxylation sites is 1. The summed E-state index contributed by atoms with van der Waals surface area (Å²) in [5, 5.41) is 2.71. The smallest absolute Gasteiger partial charge is 0.242 e. The van der Waals surface area contributed by atoms with Crippen molar-refractivity contribution in [1.82, 2.24) is 10.2 Å². The average molecular weight is 464 g/mol. The van der Waals surface area contributed by atoms with Crippen LogP contribution in [0.2, 0.25) is 0 Å². The molecular weight excluding hydrogens is 433 g/mol. The predicted octanol–water partition coefficient (Wildman–Crippen LogP) is 2.93. The Labute approximate surface area is 189 Å². The molecule has 2 aromatic carbocycles. The molecule has 0 fully saturated rings. The van der Waals surface area contributed by atoms with Gasteiger partial charge < -0.3 is 10.2 Å². The molecule has 0 saturated carbocycles. The van der Waals surface area contributed by atoms with E-state index in [0.29, 0.717) is 17.8 Å². The predicted molar refractivity (Wildman–Crippen MR) is 123 cm³/mol. The van der Waals surface area contributed by atoms with Gasteiger partial charge in [0.2, 0.25) is 21.8 Å². The summed E-state index contributed by atoms with van der Waals surface area (Å²) in [6.45, 7) is 4.14. The van der Waals surface area contributed by atoms with E-state index in [-0.39, 0.29) is 43.6 Å². The minimum Gasteiger partial charge on any atom is -0.355 e. The van der Waals surface area contributed by atoms with Crippen LogP contribution in [-0.4, -0.2) is 50.5 Å².